The fourth-order valence-corrected chi connectivity index (χ4v) is 2.28. The lowest BCUT2D eigenvalue weighted by atomic mass is 10.1. The number of benzene rings is 1. The van der Waals surface area contributed by atoms with Gasteiger partial charge in [0.2, 0.25) is 0 Å². The number of fused-ring (bicyclic) bond motifs is 1. The first-order valence-corrected chi connectivity index (χ1v) is 5.44. The van der Waals surface area contributed by atoms with Crippen LogP contribution in [0.15, 0.2) is 18.2 Å². The molecule has 0 spiro atoms. The standard InChI is InChI=1S/C13H18N2O/c1-8-5-11(16-4)6-10-7-12(9(2)14)15(3)13(8)10/h5-7,9H,14H2,1-4H3. The Hall–Kier alpha value is -1.48. The van der Waals surface area contributed by atoms with Gasteiger partial charge in [0.15, 0.2) is 0 Å². The topological polar surface area (TPSA) is 40.2 Å². The number of nitrogens with two attached hydrogens (primary N) is 1. The van der Waals surface area contributed by atoms with Gasteiger partial charge in [0.05, 0.1) is 12.6 Å². The van der Waals surface area contributed by atoms with Crippen LogP contribution in [0.5, 0.6) is 5.75 Å². The molecule has 16 heavy (non-hydrogen) atoms. The molecule has 86 valence electrons. The van der Waals surface area contributed by atoms with E-state index in [0.29, 0.717) is 0 Å². The van der Waals surface area contributed by atoms with Gasteiger partial charge in [0.25, 0.3) is 0 Å². The van der Waals surface area contributed by atoms with Gasteiger partial charge in [-0.2, -0.15) is 0 Å². The van der Waals surface area contributed by atoms with Crippen LogP contribution in [-0.4, -0.2) is 11.7 Å². The normalized spacial score (nSPS) is 13.1. The highest BCUT2D eigenvalue weighted by molar-refractivity contribution is 5.86. The summed E-state index contributed by atoms with van der Waals surface area (Å²) in [6, 6.07) is 6.28. The Morgan fingerprint density at radius 2 is 2.00 bits per heavy atom. The molecule has 0 aliphatic heterocycles. The smallest absolute Gasteiger partial charge is 0.119 e. The predicted octanol–water partition coefficient (Wildman–Crippen LogP) is 2.52. The van der Waals surface area contributed by atoms with Crippen molar-refractivity contribution in [1.82, 2.24) is 4.57 Å². The summed E-state index contributed by atoms with van der Waals surface area (Å²) in [4.78, 5) is 0. The Morgan fingerprint density at radius 1 is 1.31 bits per heavy atom. The molecule has 0 radical (unpaired) electrons. The molecule has 0 saturated carbocycles. The molecular weight excluding hydrogens is 200 g/mol. The van der Waals surface area contributed by atoms with Crippen molar-refractivity contribution >= 4 is 10.9 Å². The lowest BCUT2D eigenvalue weighted by Gasteiger charge is -2.09. The van der Waals surface area contributed by atoms with Gasteiger partial charge >= 0.3 is 0 Å². The lowest BCUT2D eigenvalue weighted by molar-refractivity contribution is 0.415. The molecular formula is C13H18N2O. The summed E-state index contributed by atoms with van der Waals surface area (Å²) < 4.78 is 7.43. The zero-order chi connectivity index (χ0) is 11.9. The van der Waals surface area contributed by atoms with Crippen LogP contribution in [0, 0.1) is 6.92 Å². The number of hydrogen-bond donors (Lipinski definition) is 1. The minimum atomic E-state index is 0.0443. The van der Waals surface area contributed by atoms with Gasteiger partial charge in [-0.05, 0) is 37.6 Å². The average molecular weight is 218 g/mol. The van der Waals surface area contributed by atoms with Crippen molar-refractivity contribution in [1.29, 1.82) is 0 Å². The molecule has 3 heteroatoms. The number of nitrogens with zero attached hydrogens (tertiary/aromatic N) is 1. The van der Waals surface area contributed by atoms with Crippen molar-refractivity contribution in [3.05, 3.63) is 29.5 Å². The highest BCUT2D eigenvalue weighted by Gasteiger charge is 2.11. The van der Waals surface area contributed by atoms with Crippen LogP contribution >= 0.6 is 0 Å². The maximum Gasteiger partial charge on any atom is 0.119 e. The van der Waals surface area contributed by atoms with E-state index in [0.717, 1.165) is 11.4 Å². The second kappa shape index (κ2) is 3.83. The number of ether oxygens (including phenoxy) is 1. The van der Waals surface area contributed by atoms with E-state index >= 15 is 0 Å². The summed E-state index contributed by atoms with van der Waals surface area (Å²) in [6.07, 6.45) is 0. The molecule has 0 amide bonds. The van der Waals surface area contributed by atoms with Crippen LogP contribution in [0.4, 0.5) is 0 Å². The molecule has 0 aliphatic carbocycles. The summed E-state index contributed by atoms with van der Waals surface area (Å²) in [5.74, 6) is 0.895. The van der Waals surface area contributed by atoms with Crippen LogP contribution in [0.1, 0.15) is 24.2 Å². The molecule has 2 N–H and O–H groups in total. The highest BCUT2D eigenvalue weighted by Crippen LogP contribution is 2.29. The van der Waals surface area contributed by atoms with Gasteiger partial charge in [-0.1, -0.05) is 0 Å². The quantitative estimate of drug-likeness (QED) is 0.841. The zero-order valence-corrected chi connectivity index (χ0v) is 10.2. The molecule has 0 fully saturated rings. The second-order valence-electron chi connectivity index (χ2n) is 4.30. The van der Waals surface area contributed by atoms with E-state index < -0.39 is 0 Å². The van der Waals surface area contributed by atoms with E-state index in [4.69, 9.17) is 10.5 Å². The molecule has 2 aromatic rings. The van der Waals surface area contributed by atoms with E-state index in [2.05, 4.69) is 24.6 Å². The molecule has 0 saturated heterocycles. The molecule has 0 bridgehead atoms. The van der Waals surface area contributed by atoms with E-state index in [1.807, 2.05) is 19.1 Å². The monoisotopic (exact) mass is 218 g/mol. The summed E-state index contributed by atoms with van der Waals surface area (Å²) in [6.45, 7) is 4.09. The maximum absolute atomic E-state index is 5.95. The highest BCUT2D eigenvalue weighted by atomic mass is 16.5. The van der Waals surface area contributed by atoms with E-state index in [1.54, 1.807) is 7.11 Å². The number of aryl methyl sites for hydroxylation is 2. The number of methoxy groups -OCH3 is 1. The Labute approximate surface area is 95.8 Å². The molecule has 1 atom stereocenters. The van der Waals surface area contributed by atoms with Gasteiger partial charge < -0.3 is 15.0 Å². The first-order valence-electron chi connectivity index (χ1n) is 5.44. The van der Waals surface area contributed by atoms with Crippen LogP contribution in [0.3, 0.4) is 0 Å². The SMILES string of the molecule is COc1cc(C)c2c(c1)cc(C(C)N)n2C. The van der Waals surface area contributed by atoms with Gasteiger partial charge in [-0.25, -0.2) is 0 Å². The first kappa shape index (κ1) is 11.0. The average Bonchev–Trinajstić information content (AvgIpc) is 2.56. The number of aromatic nitrogens is 1. The van der Waals surface area contributed by atoms with Gasteiger partial charge in [-0.3, -0.25) is 0 Å². The first-order chi connectivity index (χ1) is 7.54. The Balaban J connectivity index is 2.75. The Kier molecular flexibility index (Phi) is 2.64. The van der Waals surface area contributed by atoms with E-state index in [-0.39, 0.29) is 6.04 Å². The van der Waals surface area contributed by atoms with Crippen molar-refractivity contribution < 1.29 is 4.74 Å². The third-order valence-electron chi connectivity index (χ3n) is 3.03. The zero-order valence-electron chi connectivity index (χ0n) is 10.2. The van der Waals surface area contributed by atoms with Crippen LogP contribution in [0.2, 0.25) is 0 Å². The fraction of sp³-hybridized carbons (Fsp3) is 0.385. The minimum absolute atomic E-state index is 0.0443. The van der Waals surface area contributed by atoms with Crippen molar-refractivity contribution in [3.63, 3.8) is 0 Å². The van der Waals surface area contributed by atoms with Crippen LogP contribution in [-0.2, 0) is 7.05 Å². The minimum Gasteiger partial charge on any atom is -0.497 e. The molecule has 1 heterocycles. The fourth-order valence-electron chi connectivity index (χ4n) is 2.28. The Morgan fingerprint density at radius 3 is 2.56 bits per heavy atom. The number of hydrogen-bond acceptors (Lipinski definition) is 2. The van der Waals surface area contributed by atoms with Crippen molar-refractivity contribution in [2.75, 3.05) is 7.11 Å². The molecule has 1 aromatic carbocycles. The molecule has 3 nitrogen and oxygen atoms in total. The van der Waals surface area contributed by atoms with Gasteiger partial charge in [-0.15, -0.1) is 0 Å². The lowest BCUT2D eigenvalue weighted by Crippen LogP contribution is -2.09. The predicted molar refractivity (Wildman–Crippen MR) is 66.8 cm³/mol. The van der Waals surface area contributed by atoms with Crippen molar-refractivity contribution in [2.45, 2.75) is 19.9 Å². The molecule has 1 aromatic heterocycles. The largest absolute Gasteiger partial charge is 0.497 e. The number of rotatable bonds is 2. The molecule has 2 rings (SSSR count). The van der Waals surface area contributed by atoms with Gasteiger partial charge in [0.1, 0.15) is 5.75 Å². The summed E-state index contributed by atoms with van der Waals surface area (Å²) in [5.41, 5.74) is 9.53. The maximum atomic E-state index is 5.95. The summed E-state index contributed by atoms with van der Waals surface area (Å²) in [7, 11) is 3.75. The van der Waals surface area contributed by atoms with Crippen LogP contribution in [0.25, 0.3) is 10.9 Å². The van der Waals surface area contributed by atoms with E-state index in [9.17, 15) is 0 Å². The summed E-state index contributed by atoms with van der Waals surface area (Å²) in [5, 5.41) is 1.19. The van der Waals surface area contributed by atoms with Crippen LogP contribution < -0.4 is 10.5 Å². The van der Waals surface area contributed by atoms with Crippen molar-refractivity contribution in [3.8, 4) is 5.75 Å². The third-order valence-corrected chi connectivity index (χ3v) is 3.03. The third kappa shape index (κ3) is 1.57. The molecule has 1 unspecified atom stereocenters. The van der Waals surface area contributed by atoms with Gasteiger partial charge in [0, 0.05) is 24.2 Å². The van der Waals surface area contributed by atoms with Crippen molar-refractivity contribution in [2.24, 2.45) is 12.8 Å². The summed E-state index contributed by atoms with van der Waals surface area (Å²) >= 11 is 0. The van der Waals surface area contributed by atoms with E-state index in [1.165, 1.54) is 16.5 Å². The molecule has 0 aliphatic rings. The second-order valence-corrected chi connectivity index (χ2v) is 4.30. The Bertz CT molecular complexity index is 526.